The zero-order valence-corrected chi connectivity index (χ0v) is 22.3. The number of carbonyl (C=O) groups is 3. The van der Waals surface area contributed by atoms with Crippen LogP contribution in [0.5, 0.6) is 0 Å². The molecule has 0 aliphatic carbocycles. The second kappa shape index (κ2) is 14.8. The van der Waals surface area contributed by atoms with E-state index in [2.05, 4.69) is 38.3 Å². The summed E-state index contributed by atoms with van der Waals surface area (Å²) in [6.07, 6.45) is 2.94. The molecule has 0 aliphatic heterocycles. The molecule has 3 amide bonds. The smallest absolute Gasteiger partial charge is 0.254 e. The number of aryl methyl sites for hydroxylation is 1. The molecule has 1 aromatic rings. The van der Waals surface area contributed by atoms with Gasteiger partial charge >= 0.3 is 0 Å². The zero-order valence-electron chi connectivity index (χ0n) is 22.3. The molecule has 1 rings (SSSR count). The third kappa shape index (κ3) is 9.09. The predicted molar refractivity (Wildman–Crippen MR) is 139 cm³/mol. The van der Waals surface area contributed by atoms with Gasteiger partial charge in [-0.05, 0) is 74.2 Å². The van der Waals surface area contributed by atoms with E-state index in [0.29, 0.717) is 61.6 Å². The van der Waals surface area contributed by atoms with E-state index in [4.69, 9.17) is 5.73 Å². The fourth-order valence-electron chi connectivity index (χ4n) is 4.09. The summed E-state index contributed by atoms with van der Waals surface area (Å²) in [7, 11) is 0. The maximum absolute atomic E-state index is 13.4. The van der Waals surface area contributed by atoms with Crippen LogP contribution in [0.4, 0.5) is 0 Å². The second-order valence-corrected chi connectivity index (χ2v) is 9.91. The van der Waals surface area contributed by atoms with Crippen LogP contribution in [0.2, 0.25) is 0 Å². The molecule has 7 heteroatoms. The van der Waals surface area contributed by atoms with Gasteiger partial charge in [0.05, 0.1) is 6.04 Å². The Labute approximate surface area is 206 Å². The topological polar surface area (TPSA) is 105 Å². The average Bonchev–Trinajstić information content (AvgIpc) is 2.76. The molecular formula is C27H46N4O3. The van der Waals surface area contributed by atoms with Crippen molar-refractivity contribution in [1.82, 2.24) is 15.5 Å². The molecule has 1 aromatic carbocycles. The number of nitrogens with two attached hydrogens (primary N) is 1. The number of hydrogen-bond acceptors (Lipinski definition) is 4. The van der Waals surface area contributed by atoms with Crippen molar-refractivity contribution in [1.29, 1.82) is 0 Å². The minimum atomic E-state index is -0.522. The van der Waals surface area contributed by atoms with Crippen LogP contribution in [0, 0.1) is 18.8 Å². The first-order valence-corrected chi connectivity index (χ1v) is 12.8. The van der Waals surface area contributed by atoms with Crippen molar-refractivity contribution >= 4 is 17.7 Å². The highest BCUT2D eigenvalue weighted by atomic mass is 16.2. The number of carbonyl (C=O) groups excluding carboxylic acids is 3. The Bertz CT molecular complexity index is 814. The monoisotopic (exact) mass is 474 g/mol. The van der Waals surface area contributed by atoms with Gasteiger partial charge in [-0.25, -0.2) is 0 Å². The van der Waals surface area contributed by atoms with Crippen molar-refractivity contribution in [3.05, 3.63) is 34.4 Å². The molecule has 7 nitrogen and oxygen atoms in total. The number of amides is 3. The molecule has 1 atom stereocenters. The minimum absolute atomic E-state index is 0.00232. The van der Waals surface area contributed by atoms with Crippen LogP contribution in [0.1, 0.15) is 92.6 Å². The molecule has 0 heterocycles. The van der Waals surface area contributed by atoms with Gasteiger partial charge < -0.3 is 21.3 Å². The Morgan fingerprint density at radius 2 is 1.59 bits per heavy atom. The number of nitrogens with one attached hydrogen (secondary N) is 2. The Morgan fingerprint density at radius 3 is 2.09 bits per heavy atom. The highest BCUT2D eigenvalue weighted by molar-refractivity contribution is 6.02. The van der Waals surface area contributed by atoms with E-state index in [1.54, 1.807) is 6.07 Å². The molecule has 34 heavy (non-hydrogen) atoms. The van der Waals surface area contributed by atoms with Crippen LogP contribution in [0.15, 0.2) is 12.1 Å². The summed E-state index contributed by atoms with van der Waals surface area (Å²) in [5.74, 6) is -0.0391. The Morgan fingerprint density at radius 1 is 1.00 bits per heavy atom. The normalized spacial score (nSPS) is 12.1. The summed E-state index contributed by atoms with van der Waals surface area (Å²) in [5, 5.41) is 6.36. The van der Waals surface area contributed by atoms with Gasteiger partial charge in [0.2, 0.25) is 11.8 Å². The Balaban J connectivity index is 3.05. The standard InChI is InChI=1S/C27H46N4O3/c1-8-13-31(14-9-2)27(34)23-16-20(7)15-22(25(28)32)21(23)11-10-12-29-24(19(5)6)26(33)30-17-18(3)4/h15-16,18-19,24,29H,8-14,17H2,1-7H3,(H2,28,32)(H,30,33)/t24-/m1/s1. The fraction of sp³-hybridized carbons (Fsp3) is 0.667. The Kier molecular flexibility index (Phi) is 12.9. The van der Waals surface area contributed by atoms with Crippen LogP contribution in [0.25, 0.3) is 0 Å². The first-order chi connectivity index (χ1) is 16.0. The molecule has 0 spiro atoms. The van der Waals surface area contributed by atoms with Gasteiger partial charge in [0.25, 0.3) is 5.91 Å². The number of primary amides is 1. The number of rotatable bonds is 15. The van der Waals surface area contributed by atoms with E-state index in [1.807, 2.05) is 31.7 Å². The van der Waals surface area contributed by atoms with Gasteiger partial charge in [-0.15, -0.1) is 0 Å². The number of benzene rings is 1. The lowest BCUT2D eigenvalue weighted by Gasteiger charge is -2.25. The van der Waals surface area contributed by atoms with Crippen LogP contribution in [-0.2, 0) is 11.2 Å². The van der Waals surface area contributed by atoms with Crippen molar-refractivity contribution in [2.75, 3.05) is 26.2 Å². The van der Waals surface area contributed by atoms with Crippen LogP contribution < -0.4 is 16.4 Å². The molecule has 0 saturated heterocycles. The van der Waals surface area contributed by atoms with E-state index in [9.17, 15) is 14.4 Å². The molecule has 4 N–H and O–H groups in total. The van der Waals surface area contributed by atoms with Gasteiger partial charge in [0.15, 0.2) is 0 Å². The van der Waals surface area contributed by atoms with Crippen molar-refractivity contribution in [2.45, 2.75) is 80.2 Å². The van der Waals surface area contributed by atoms with Crippen molar-refractivity contribution in [3.8, 4) is 0 Å². The predicted octanol–water partition coefficient (Wildman–Crippen LogP) is 3.68. The van der Waals surface area contributed by atoms with Crippen molar-refractivity contribution < 1.29 is 14.4 Å². The number of nitrogens with zero attached hydrogens (tertiary/aromatic N) is 1. The summed E-state index contributed by atoms with van der Waals surface area (Å²) in [6, 6.07) is 3.34. The second-order valence-electron chi connectivity index (χ2n) is 9.91. The minimum Gasteiger partial charge on any atom is -0.366 e. The summed E-state index contributed by atoms with van der Waals surface area (Å²) >= 11 is 0. The van der Waals surface area contributed by atoms with Crippen LogP contribution >= 0.6 is 0 Å². The molecule has 0 aliphatic rings. The van der Waals surface area contributed by atoms with Gasteiger partial charge in [-0.2, -0.15) is 0 Å². The molecule has 192 valence electrons. The maximum atomic E-state index is 13.4. The fourth-order valence-corrected chi connectivity index (χ4v) is 4.09. The third-order valence-corrected chi connectivity index (χ3v) is 5.77. The summed E-state index contributed by atoms with van der Waals surface area (Å²) in [5.41, 5.74) is 8.22. The van der Waals surface area contributed by atoms with Gasteiger partial charge in [-0.1, -0.05) is 41.5 Å². The van der Waals surface area contributed by atoms with Gasteiger partial charge in [-0.3, -0.25) is 14.4 Å². The lowest BCUT2D eigenvalue weighted by molar-refractivity contribution is -0.124. The van der Waals surface area contributed by atoms with Crippen LogP contribution in [-0.4, -0.2) is 54.8 Å². The molecule has 0 aromatic heterocycles. The first-order valence-electron chi connectivity index (χ1n) is 12.8. The third-order valence-electron chi connectivity index (χ3n) is 5.77. The summed E-state index contributed by atoms with van der Waals surface area (Å²) < 4.78 is 0. The zero-order chi connectivity index (χ0) is 25.8. The maximum Gasteiger partial charge on any atom is 0.254 e. The molecule has 0 radical (unpaired) electrons. The first kappa shape index (κ1) is 29.6. The molecule has 0 unspecified atom stereocenters. The lowest BCUT2D eigenvalue weighted by Crippen LogP contribution is -2.48. The largest absolute Gasteiger partial charge is 0.366 e. The SMILES string of the molecule is CCCN(CCC)C(=O)c1cc(C)cc(C(N)=O)c1CCCN[C@@H](C(=O)NCC(C)C)C(C)C. The van der Waals surface area contributed by atoms with E-state index in [1.165, 1.54) is 0 Å². The van der Waals surface area contributed by atoms with E-state index in [0.717, 1.165) is 18.4 Å². The molecule has 0 fully saturated rings. The highest BCUT2D eigenvalue weighted by Crippen LogP contribution is 2.22. The van der Waals surface area contributed by atoms with E-state index >= 15 is 0 Å². The molecule has 0 saturated carbocycles. The highest BCUT2D eigenvalue weighted by Gasteiger charge is 2.24. The van der Waals surface area contributed by atoms with Crippen molar-refractivity contribution in [3.63, 3.8) is 0 Å². The van der Waals surface area contributed by atoms with E-state index in [-0.39, 0.29) is 23.8 Å². The van der Waals surface area contributed by atoms with Crippen LogP contribution in [0.3, 0.4) is 0 Å². The van der Waals surface area contributed by atoms with Crippen molar-refractivity contribution in [2.24, 2.45) is 17.6 Å². The lowest BCUT2D eigenvalue weighted by atomic mass is 9.93. The van der Waals surface area contributed by atoms with Gasteiger partial charge in [0, 0.05) is 30.8 Å². The molecular weight excluding hydrogens is 428 g/mol. The summed E-state index contributed by atoms with van der Waals surface area (Å²) in [6.45, 7) is 16.7. The quantitative estimate of drug-likeness (QED) is 0.337. The van der Waals surface area contributed by atoms with E-state index < -0.39 is 5.91 Å². The Hall–Kier alpha value is -2.41. The molecule has 0 bridgehead atoms. The summed E-state index contributed by atoms with van der Waals surface area (Å²) in [4.78, 5) is 40.1. The average molecular weight is 475 g/mol. The number of hydrogen-bond donors (Lipinski definition) is 3. The van der Waals surface area contributed by atoms with Gasteiger partial charge in [0.1, 0.15) is 0 Å².